The van der Waals surface area contributed by atoms with Gasteiger partial charge in [-0.05, 0) is 37.5 Å². The van der Waals surface area contributed by atoms with Crippen LogP contribution in [0.25, 0.3) is 11.1 Å². The summed E-state index contributed by atoms with van der Waals surface area (Å²) in [5.41, 5.74) is 4.28. The molecule has 1 aliphatic heterocycles. The van der Waals surface area contributed by atoms with Crippen molar-refractivity contribution < 1.29 is 9.94 Å². The van der Waals surface area contributed by atoms with E-state index in [1.54, 1.807) is 21.5 Å². The van der Waals surface area contributed by atoms with Crippen LogP contribution in [0.15, 0.2) is 16.9 Å². The van der Waals surface area contributed by atoms with Gasteiger partial charge >= 0.3 is 0 Å². The number of nitrogens with zero attached hydrogens (tertiary/aromatic N) is 3. The molecule has 0 saturated carbocycles. The van der Waals surface area contributed by atoms with Crippen molar-refractivity contribution in [3.63, 3.8) is 0 Å². The maximum atomic E-state index is 12.9. The average molecular weight is 317 g/mol. The molecule has 1 aliphatic rings. The molecule has 1 N–H and O–H groups in total. The normalized spacial score (nSPS) is 15.5. The van der Waals surface area contributed by atoms with Gasteiger partial charge in [0.15, 0.2) is 0 Å². The average Bonchev–Trinajstić information content (AvgIpc) is 2.67. The quantitative estimate of drug-likeness (QED) is 0.918. The molecule has 0 bridgehead atoms. The van der Waals surface area contributed by atoms with Gasteiger partial charge in [-0.25, -0.2) is 9.36 Å². The molecule has 23 heavy (non-hydrogen) atoms. The Morgan fingerprint density at radius 1 is 0.957 bits per heavy atom. The smallest absolute Gasteiger partial charge is 0.278 e. The van der Waals surface area contributed by atoms with Crippen LogP contribution in [0.3, 0.4) is 0 Å². The van der Waals surface area contributed by atoms with Gasteiger partial charge in [-0.15, -0.1) is 0 Å². The number of aromatic hydroxyl groups is 1. The monoisotopic (exact) mass is 317 g/mol. The molecule has 0 unspecified atom stereocenters. The molecule has 124 valence electrons. The molecule has 6 heteroatoms. The summed E-state index contributed by atoms with van der Waals surface area (Å²) < 4.78 is 3.28. The summed E-state index contributed by atoms with van der Waals surface area (Å²) in [6, 6.07) is 4.09. The molecule has 0 fully saturated rings. The highest BCUT2D eigenvalue weighted by molar-refractivity contribution is 5.74. The van der Waals surface area contributed by atoms with Crippen LogP contribution in [0.1, 0.15) is 16.7 Å². The lowest BCUT2D eigenvalue weighted by atomic mass is 9.95. The molecular weight excluding hydrogens is 294 g/mol. The van der Waals surface area contributed by atoms with Gasteiger partial charge in [-0.1, -0.05) is 17.7 Å². The fourth-order valence-corrected chi connectivity index (χ4v) is 3.53. The summed E-state index contributed by atoms with van der Waals surface area (Å²) in [6.45, 7) is 8.24. The molecule has 3 rings (SSSR count). The van der Waals surface area contributed by atoms with Crippen molar-refractivity contribution in [1.29, 1.82) is 0 Å². The zero-order valence-corrected chi connectivity index (χ0v) is 14.1. The number of hydrogen-bond donors (Lipinski definition) is 1. The molecule has 0 amide bonds. The third kappa shape index (κ3) is 2.58. The molecular formula is C17H23N3O3. The second-order valence-corrected chi connectivity index (χ2v) is 6.14. The lowest BCUT2D eigenvalue weighted by Gasteiger charge is -2.15. The van der Waals surface area contributed by atoms with E-state index in [0.717, 1.165) is 22.3 Å². The lowest BCUT2D eigenvalue weighted by Crippen LogP contribution is -2.27. The number of hydrogen-bond acceptors (Lipinski definition) is 4. The van der Waals surface area contributed by atoms with Gasteiger partial charge in [0.2, 0.25) is 5.88 Å². The van der Waals surface area contributed by atoms with E-state index in [1.807, 2.05) is 32.9 Å². The largest absolute Gasteiger partial charge is 0.493 e. The molecule has 2 aromatic rings. The van der Waals surface area contributed by atoms with Gasteiger partial charge in [-0.3, -0.25) is 4.79 Å². The van der Waals surface area contributed by atoms with Crippen molar-refractivity contribution in [3.05, 3.63) is 39.2 Å². The van der Waals surface area contributed by atoms with E-state index in [2.05, 4.69) is 0 Å². The SMILES string of the molecule is CON1CCn2c(O)c(-c3c(C)cc(C)cc3C)c(=O)n2CC1. The summed E-state index contributed by atoms with van der Waals surface area (Å²) >= 11 is 0. The van der Waals surface area contributed by atoms with Crippen molar-refractivity contribution in [2.75, 3.05) is 20.2 Å². The fourth-order valence-electron chi connectivity index (χ4n) is 3.53. The highest BCUT2D eigenvalue weighted by Gasteiger charge is 2.25. The zero-order valence-electron chi connectivity index (χ0n) is 14.1. The third-order valence-electron chi connectivity index (χ3n) is 4.52. The molecule has 1 aromatic heterocycles. The molecule has 0 aliphatic carbocycles. The highest BCUT2D eigenvalue weighted by atomic mass is 16.7. The van der Waals surface area contributed by atoms with E-state index in [4.69, 9.17) is 4.84 Å². The zero-order chi connectivity index (χ0) is 16.7. The van der Waals surface area contributed by atoms with Gasteiger partial charge in [0.1, 0.15) is 5.56 Å². The first-order valence-electron chi connectivity index (χ1n) is 7.84. The Hall–Kier alpha value is -2.05. The molecule has 6 nitrogen and oxygen atoms in total. The van der Waals surface area contributed by atoms with E-state index in [0.29, 0.717) is 31.7 Å². The first-order chi connectivity index (χ1) is 10.9. The van der Waals surface area contributed by atoms with Gasteiger partial charge in [0.25, 0.3) is 5.56 Å². The van der Waals surface area contributed by atoms with Crippen molar-refractivity contribution in [2.45, 2.75) is 33.9 Å². The lowest BCUT2D eigenvalue weighted by molar-refractivity contribution is -0.130. The molecule has 0 saturated heterocycles. The number of aryl methyl sites for hydroxylation is 3. The summed E-state index contributed by atoms with van der Waals surface area (Å²) in [5.74, 6) is 0.0445. The van der Waals surface area contributed by atoms with Crippen molar-refractivity contribution in [1.82, 2.24) is 14.4 Å². The summed E-state index contributed by atoms with van der Waals surface area (Å²) in [7, 11) is 1.62. The second kappa shape index (κ2) is 5.86. The Kier molecular flexibility index (Phi) is 4.04. The molecule has 1 aromatic carbocycles. The minimum absolute atomic E-state index is 0.0445. The number of aromatic nitrogens is 2. The Bertz CT molecular complexity index is 781. The van der Waals surface area contributed by atoms with Crippen LogP contribution < -0.4 is 5.56 Å². The van der Waals surface area contributed by atoms with E-state index < -0.39 is 0 Å². The fraction of sp³-hybridized carbons (Fsp3) is 0.471. The van der Waals surface area contributed by atoms with Gasteiger partial charge in [0.05, 0.1) is 20.2 Å². The Labute approximate surface area is 135 Å². The van der Waals surface area contributed by atoms with Crippen LogP contribution in [0.5, 0.6) is 5.88 Å². The Balaban J connectivity index is 2.17. The molecule has 0 atom stereocenters. The van der Waals surface area contributed by atoms with Gasteiger partial charge in [-0.2, -0.15) is 5.06 Å². The maximum absolute atomic E-state index is 12.9. The van der Waals surface area contributed by atoms with Crippen LogP contribution in [0.4, 0.5) is 0 Å². The van der Waals surface area contributed by atoms with Crippen molar-refractivity contribution in [3.8, 4) is 17.0 Å². The first-order valence-corrected chi connectivity index (χ1v) is 7.84. The second-order valence-electron chi connectivity index (χ2n) is 6.14. The van der Waals surface area contributed by atoms with Crippen molar-refractivity contribution >= 4 is 0 Å². The van der Waals surface area contributed by atoms with E-state index >= 15 is 0 Å². The molecule has 0 radical (unpaired) electrons. The number of fused-ring (bicyclic) bond motifs is 1. The maximum Gasteiger partial charge on any atom is 0.278 e. The molecule has 2 heterocycles. The molecule has 0 spiro atoms. The number of benzene rings is 1. The number of rotatable bonds is 2. The Morgan fingerprint density at radius 2 is 1.52 bits per heavy atom. The van der Waals surface area contributed by atoms with Crippen LogP contribution in [-0.4, -0.2) is 39.7 Å². The van der Waals surface area contributed by atoms with E-state index in [-0.39, 0.29) is 11.4 Å². The first kappa shape index (κ1) is 15.8. The standard InChI is InChI=1S/C17H23N3O3/c1-11-9-12(2)14(13(3)10-11)15-16(21)19-7-5-18(23-4)6-8-20(19)17(15)22/h9-10,21H,5-8H2,1-4H3. The summed E-state index contributed by atoms with van der Waals surface area (Å²) in [6.07, 6.45) is 0. The summed E-state index contributed by atoms with van der Waals surface area (Å²) in [5, 5.41) is 12.5. The van der Waals surface area contributed by atoms with Crippen molar-refractivity contribution in [2.24, 2.45) is 0 Å². The van der Waals surface area contributed by atoms with Crippen LogP contribution >= 0.6 is 0 Å². The van der Waals surface area contributed by atoms with Crippen LogP contribution in [-0.2, 0) is 17.9 Å². The van der Waals surface area contributed by atoms with Gasteiger partial charge in [0, 0.05) is 13.1 Å². The Morgan fingerprint density at radius 3 is 2.09 bits per heavy atom. The van der Waals surface area contributed by atoms with Crippen LogP contribution in [0, 0.1) is 20.8 Å². The summed E-state index contributed by atoms with van der Waals surface area (Å²) in [4.78, 5) is 18.1. The van der Waals surface area contributed by atoms with E-state index in [9.17, 15) is 9.90 Å². The third-order valence-corrected chi connectivity index (χ3v) is 4.52. The predicted molar refractivity (Wildman–Crippen MR) is 88.6 cm³/mol. The van der Waals surface area contributed by atoms with Gasteiger partial charge < -0.3 is 9.94 Å². The van der Waals surface area contributed by atoms with E-state index in [1.165, 1.54) is 0 Å². The predicted octanol–water partition coefficient (Wildman–Crippen LogP) is 1.82. The minimum Gasteiger partial charge on any atom is -0.493 e. The minimum atomic E-state index is -0.143. The van der Waals surface area contributed by atoms with Crippen LogP contribution in [0.2, 0.25) is 0 Å². The topological polar surface area (TPSA) is 59.6 Å². The number of hydroxylamine groups is 2. The highest BCUT2D eigenvalue weighted by Crippen LogP contribution is 2.33.